The number of azide groups is 1. The molecule has 1 aromatic carbocycles. The largest absolute Gasteiger partial charge is 0.478 e. The number of rotatable bonds is 2. The molecule has 0 heterocycles. The van der Waals surface area contributed by atoms with E-state index in [1.165, 1.54) is 6.07 Å². The normalized spacial score (nSPS) is 9.53. The van der Waals surface area contributed by atoms with Crippen LogP contribution in [0.3, 0.4) is 0 Å². The van der Waals surface area contributed by atoms with E-state index in [9.17, 15) is 9.18 Å². The van der Waals surface area contributed by atoms with E-state index in [0.717, 1.165) is 0 Å². The minimum atomic E-state index is -1.50. The van der Waals surface area contributed by atoms with Crippen molar-refractivity contribution in [3.63, 3.8) is 0 Å². The monoisotopic (exact) mass is 337 g/mol. The Morgan fingerprint density at radius 1 is 1.53 bits per heavy atom. The predicted octanol–water partition coefficient (Wildman–Crippen LogP) is 3.99. The molecule has 1 N–H and O–H groups in total. The lowest BCUT2D eigenvalue weighted by molar-refractivity contribution is 0.0692. The van der Waals surface area contributed by atoms with E-state index < -0.39 is 17.3 Å². The number of nitrogens with zero attached hydrogens (tertiary/aromatic N) is 3. The van der Waals surface area contributed by atoms with Gasteiger partial charge < -0.3 is 5.11 Å². The number of benzene rings is 1. The minimum absolute atomic E-state index is 0.0244. The molecule has 78 valence electrons. The number of carboxylic acid groups (broad SMARTS) is 1. The average molecular weight is 339 g/mol. The van der Waals surface area contributed by atoms with Crippen molar-refractivity contribution in [2.75, 3.05) is 0 Å². The zero-order valence-corrected chi connectivity index (χ0v) is 10.1. The Balaban J connectivity index is 3.68. The third kappa shape index (κ3) is 2.28. The summed E-state index contributed by atoms with van der Waals surface area (Å²) in [5.41, 5.74) is 7.26. The summed E-state index contributed by atoms with van der Waals surface area (Å²) in [5.74, 6) is -2.48. The van der Waals surface area contributed by atoms with Crippen LogP contribution < -0.4 is 0 Å². The zero-order chi connectivity index (χ0) is 11.6. The van der Waals surface area contributed by atoms with E-state index in [-0.39, 0.29) is 14.6 Å². The van der Waals surface area contributed by atoms with Gasteiger partial charge in [-0.2, -0.15) is 0 Å². The second-order valence-corrected chi connectivity index (χ2v) is 4.08. The van der Waals surface area contributed by atoms with Crippen LogP contribution in [0, 0.1) is 5.82 Å². The highest BCUT2D eigenvalue weighted by atomic mass is 79.9. The molecule has 8 heteroatoms. The van der Waals surface area contributed by atoms with Gasteiger partial charge in [0, 0.05) is 9.38 Å². The molecule has 0 unspecified atom stereocenters. The SMILES string of the molecule is [N-]=[N+]=Nc1c(Br)cc(Br)c(F)c1C(=O)O. The molecule has 0 aromatic heterocycles. The highest BCUT2D eigenvalue weighted by Crippen LogP contribution is 2.35. The van der Waals surface area contributed by atoms with E-state index in [1.807, 2.05) is 0 Å². The molecule has 0 radical (unpaired) electrons. The van der Waals surface area contributed by atoms with E-state index in [0.29, 0.717) is 0 Å². The number of aromatic carboxylic acids is 1. The Morgan fingerprint density at radius 3 is 2.60 bits per heavy atom. The molecule has 0 aliphatic carbocycles. The third-order valence-electron chi connectivity index (χ3n) is 1.50. The maximum absolute atomic E-state index is 13.4. The Morgan fingerprint density at radius 2 is 2.13 bits per heavy atom. The molecule has 0 fully saturated rings. The van der Waals surface area contributed by atoms with Gasteiger partial charge in [0.05, 0.1) is 10.2 Å². The van der Waals surface area contributed by atoms with Gasteiger partial charge in [-0.3, -0.25) is 0 Å². The van der Waals surface area contributed by atoms with Crippen molar-refractivity contribution < 1.29 is 14.3 Å². The molecule has 0 saturated carbocycles. The van der Waals surface area contributed by atoms with E-state index in [2.05, 4.69) is 41.9 Å². The maximum atomic E-state index is 13.4. The minimum Gasteiger partial charge on any atom is -0.478 e. The fourth-order valence-corrected chi connectivity index (χ4v) is 2.16. The Kier molecular flexibility index (Phi) is 3.67. The van der Waals surface area contributed by atoms with Crippen LogP contribution in [-0.4, -0.2) is 11.1 Å². The molecule has 0 amide bonds. The molecule has 5 nitrogen and oxygen atoms in total. The Hall–Kier alpha value is -1.11. The smallest absolute Gasteiger partial charge is 0.339 e. The quantitative estimate of drug-likeness (QED) is 0.382. The third-order valence-corrected chi connectivity index (χ3v) is 2.69. The highest BCUT2D eigenvalue weighted by Gasteiger charge is 2.20. The van der Waals surface area contributed by atoms with Crippen molar-refractivity contribution in [2.45, 2.75) is 0 Å². The topological polar surface area (TPSA) is 86.1 Å². The summed E-state index contributed by atoms with van der Waals surface area (Å²) in [4.78, 5) is 13.2. The number of halogens is 3. The van der Waals surface area contributed by atoms with Crippen LogP contribution >= 0.6 is 31.9 Å². The summed E-state index contributed by atoms with van der Waals surface area (Å²) in [6.45, 7) is 0. The zero-order valence-electron chi connectivity index (χ0n) is 6.91. The predicted molar refractivity (Wildman–Crippen MR) is 57.6 cm³/mol. The summed E-state index contributed by atoms with van der Waals surface area (Å²) in [6, 6.07) is 1.27. The standard InChI is InChI=1S/C7H2Br2FN3O2/c8-2-1-3(9)6(12-13-11)4(5(2)10)7(14)15/h1H,(H,14,15). The fraction of sp³-hybridized carbons (Fsp3) is 0. The van der Waals surface area contributed by atoms with Gasteiger partial charge in [0.2, 0.25) is 0 Å². The molecule has 0 saturated heterocycles. The number of hydrogen-bond acceptors (Lipinski definition) is 2. The first-order chi connectivity index (χ1) is 6.99. The van der Waals surface area contributed by atoms with E-state index >= 15 is 0 Å². The van der Waals surface area contributed by atoms with Crippen molar-refractivity contribution in [3.8, 4) is 0 Å². The van der Waals surface area contributed by atoms with Gasteiger partial charge in [-0.05, 0) is 27.5 Å². The van der Waals surface area contributed by atoms with E-state index in [1.54, 1.807) is 0 Å². The Bertz CT molecular complexity index is 486. The number of carbonyl (C=O) groups is 1. The molecule has 1 aromatic rings. The van der Waals surface area contributed by atoms with E-state index in [4.69, 9.17) is 10.6 Å². The number of hydrogen-bond donors (Lipinski definition) is 1. The lowest BCUT2D eigenvalue weighted by Gasteiger charge is -2.05. The van der Waals surface area contributed by atoms with Gasteiger partial charge in [-0.15, -0.1) is 0 Å². The van der Waals surface area contributed by atoms with Gasteiger partial charge in [-0.1, -0.05) is 21.0 Å². The van der Waals surface area contributed by atoms with Crippen LogP contribution in [0.1, 0.15) is 10.4 Å². The van der Waals surface area contributed by atoms with Gasteiger partial charge in [0.25, 0.3) is 0 Å². The molecular weight excluding hydrogens is 337 g/mol. The first kappa shape index (κ1) is 12.0. The fourth-order valence-electron chi connectivity index (χ4n) is 0.923. The molecule has 0 bridgehead atoms. The molecule has 1 rings (SSSR count). The molecule has 0 atom stereocenters. The highest BCUT2D eigenvalue weighted by molar-refractivity contribution is 9.11. The maximum Gasteiger partial charge on any atom is 0.339 e. The first-order valence-electron chi connectivity index (χ1n) is 3.45. The molecule has 15 heavy (non-hydrogen) atoms. The van der Waals surface area contributed by atoms with Crippen LogP contribution in [0.15, 0.2) is 20.1 Å². The van der Waals surface area contributed by atoms with Crippen LogP contribution in [0.25, 0.3) is 10.4 Å². The van der Waals surface area contributed by atoms with Crippen molar-refractivity contribution >= 4 is 43.5 Å². The summed E-state index contributed by atoms with van der Waals surface area (Å²) in [6.07, 6.45) is 0. The van der Waals surface area contributed by atoms with Crippen molar-refractivity contribution in [2.24, 2.45) is 5.11 Å². The van der Waals surface area contributed by atoms with Crippen molar-refractivity contribution in [1.29, 1.82) is 0 Å². The van der Waals surface area contributed by atoms with Crippen LogP contribution in [0.5, 0.6) is 0 Å². The summed E-state index contributed by atoms with van der Waals surface area (Å²) in [7, 11) is 0. The molecule has 0 spiro atoms. The van der Waals surface area contributed by atoms with Gasteiger partial charge in [-0.25, -0.2) is 9.18 Å². The molecule has 0 aliphatic heterocycles. The lowest BCUT2D eigenvalue weighted by atomic mass is 10.2. The van der Waals surface area contributed by atoms with Crippen LogP contribution in [0.2, 0.25) is 0 Å². The summed E-state index contributed by atoms with van der Waals surface area (Å²) < 4.78 is 13.6. The second kappa shape index (κ2) is 4.61. The Labute approximate surface area is 99.8 Å². The number of carboxylic acids is 1. The first-order valence-corrected chi connectivity index (χ1v) is 5.03. The van der Waals surface area contributed by atoms with Gasteiger partial charge in [0.1, 0.15) is 5.56 Å². The van der Waals surface area contributed by atoms with Crippen LogP contribution in [-0.2, 0) is 0 Å². The van der Waals surface area contributed by atoms with Crippen LogP contribution in [0.4, 0.5) is 10.1 Å². The summed E-state index contributed by atoms with van der Waals surface area (Å²) in [5, 5.41) is 11.9. The van der Waals surface area contributed by atoms with Crippen molar-refractivity contribution in [1.82, 2.24) is 0 Å². The average Bonchev–Trinajstić information content (AvgIpc) is 2.14. The molecular formula is C7H2Br2FN3O2. The second-order valence-electron chi connectivity index (χ2n) is 2.37. The van der Waals surface area contributed by atoms with Gasteiger partial charge >= 0.3 is 5.97 Å². The summed E-state index contributed by atoms with van der Waals surface area (Å²) >= 11 is 5.82. The van der Waals surface area contributed by atoms with Gasteiger partial charge in [0.15, 0.2) is 5.82 Å². The molecule has 0 aliphatic rings. The lowest BCUT2D eigenvalue weighted by Crippen LogP contribution is -2.02. The van der Waals surface area contributed by atoms with Crippen molar-refractivity contribution in [3.05, 3.63) is 36.8 Å².